The minimum absolute atomic E-state index is 0.100. The van der Waals surface area contributed by atoms with Gasteiger partial charge in [-0.1, -0.05) is 31.0 Å². The highest BCUT2D eigenvalue weighted by molar-refractivity contribution is 7.99. The van der Waals surface area contributed by atoms with E-state index in [1.807, 2.05) is 30.0 Å². The number of thioether (sulfide) groups is 1. The smallest absolute Gasteiger partial charge is 0.243 e. The van der Waals surface area contributed by atoms with Crippen LogP contribution in [-0.2, 0) is 11.2 Å². The van der Waals surface area contributed by atoms with Gasteiger partial charge in [0.25, 0.3) is 0 Å². The van der Waals surface area contributed by atoms with Gasteiger partial charge in [0.05, 0.1) is 0 Å². The normalized spacial score (nSPS) is 28.6. The Morgan fingerprint density at radius 3 is 2.90 bits per heavy atom. The number of para-hydroxylation sites is 1. The number of nitrogens with one attached hydrogen (secondary N) is 2. The van der Waals surface area contributed by atoms with Crippen LogP contribution in [0.15, 0.2) is 24.3 Å². The molecule has 0 saturated heterocycles. The molecule has 3 unspecified atom stereocenters. The predicted octanol–water partition coefficient (Wildman–Crippen LogP) is 2.81. The molecule has 3 atom stereocenters. The largest absolute Gasteiger partial charge is 0.373 e. The van der Waals surface area contributed by atoms with E-state index >= 15 is 0 Å². The summed E-state index contributed by atoms with van der Waals surface area (Å²) in [6.07, 6.45) is 7.84. The van der Waals surface area contributed by atoms with Crippen molar-refractivity contribution in [2.45, 2.75) is 49.4 Å². The summed E-state index contributed by atoms with van der Waals surface area (Å²) in [5, 5.41) is 7.19. The quantitative estimate of drug-likeness (QED) is 0.899. The Kier molecular flexibility index (Phi) is 4.20. The van der Waals surface area contributed by atoms with Crippen molar-refractivity contribution in [1.29, 1.82) is 0 Å². The topological polar surface area (TPSA) is 41.1 Å². The lowest BCUT2D eigenvalue weighted by Gasteiger charge is -2.31. The van der Waals surface area contributed by atoms with E-state index in [2.05, 4.69) is 23.0 Å². The first kappa shape index (κ1) is 13.8. The Hall–Kier alpha value is -1.16. The fourth-order valence-electron chi connectivity index (χ4n) is 3.28. The zero-order chi connectivity index (χ0) is 13.9. The Morgan fingerprint density at radius 1 is 1.30 bits per heavy atom. The summed E-state index contributed by atoms with van der Waals surface area (Å²) in [5.41, 5.74) is 2.36. The molecule has 108 valence electrons. The van der Waals surface area contributed by atoms with Gasteiger partial charge in [-0.25, -0.2) is 0 Å². The molecule has 2 N–H and O–H groups in total. The molecule has 2 aliphatic rings. The number of anilines is 1. The number of carbonyl (C=O) groups is 1. The van der Waals surface area contributed by atoms with E-state index in [0.29, 0.717) is 11.3 Å². The first-order valence-corrected chi connectivity index (χ1v) is 8.74. The summed E-state index contributed by atoms with van der Waals surface area (Å²) in [5.74, 6) is 0.159. The van der Waals surface area contributed by atoms with Crippen molar-refractivity contribution in [3.05, 3.63) is 29.8 Å². The fraction of sp³-hybridized carbons (Fsp3) is 0.562. The Labute approximate surface area is 124 Å². The number of carbonyl (C=O) groups excluding carboxylic acids is 1. The van der Waals surface area contributed by atoms with E-state index in [1.54, 1.807) is 0 Å². The molecular weight excluding hydrogens is 268 g/mol. The number of fused-ring (bicyclic) bond motifs is 1. The van der Waals surface area contributed by atoms with Gasteiger partial charge in [-0.2, -0.15) is 11.8 Å². The van der Waals surface area contributed by atoms with Crippen LogP contribution in [0.2, 0.25) is 0 Å². The molecule has 1 saturated carbocycles. The molecule has 0 radical (unpaired) electrons. The molecule has 1 aromatic carbocycles. The van der Waals surface area contributed by atoms with E-state index in [1.165, 1.54) is 24.8 Å². The van der Waals surface area contributed by atoms with E-state index in [-0.39, 0.29) is 11.9 Å². The maximum Gasteiger partial charge on any atom is 0.243 e. The molecule has 3 nitrogen and oxygen atoms in total. The van der Waals surface area contributed by atoms with Crippen molar-refractivity contribution < 1.29 is 4.79 Å². The summed E-state index contributed by atoms with van der Waals surface area (Å²) in [6.45, 7) is 0. The third-order valence-electron chi connectivity index (χ3n) is 4.42. The van der Waals surface area contributed by atoms with Crippen LogP contribution < -0.4 is 10.6 Å². The highest BCUT2D eigenvalue weighted by Crippen LogP contribution is 2.28. The van der Waals surface area contributed by atoms with Gasteiger partial charge >= 0.3 is 0 Å². The van der Waals surface area contributed by atoms with Gasteiger partial charge in [0.2, 0.25) is 5.91 Å². The van der Waals surface area contributed by atoms with E-state index in [0.717, 1.165) is 18.5 Å². The van der Waals surface area contributed by atoms with Gasteiger partial charge < -0.3 is 10.6 Å². The van der Waals surface area contributed by atoms with Gasteiger partial charge in [-0.15, -0.1) is 0 Å². The highest BCUT2D eigenvalue weighted by Gasteiger charge is 2.31. The van der Waals surface area contributed by atoms with Gasteiger partial charge in [-0.3, -0.25) is 4.79 Å². The van der Waals surface area contributed by atoms with Gasteiger partial charge in [0.15, 0.2) is 0 Å². The maximum atomic E-state index is 12.5. The first-order chi connectivity index (χ1) is 9.78. The van der Waals surface area contributed by atoms with Crippen LogP contribution in [0.3, 0.4) is 0 Å². The van der Waals surface area contributed by atoms with Crippen molar-refractivity contribution in [2.24, 2.45) is 0 Å². The molecule has 0 aromatic heterocycles. The molecule has 0 spiro atoms. The minimum atomic E-state index is -0.100. The molecule has 1 amide bonds. The van der Waals surface area contributed by atoms with Crippen LogP contribution in [-0.4, -0.2) is 29.5 Å². The molecule has 20 heavy (non-hydrogen) atoms. The summed E-state index contributed by atoms with van der Waals surface area (Å²) >= 11 is 1.89. The van der Waals surface area contributed by atoms with Crippen molar-refractivity contribution in [2.75, 3.05) is 11.6 Å². The molecule has 1 fully saturated rings. The third-order valence-corrected chi connectivity index (χ3v) is 5.59. The standard InChI is InChI=1S/C16H22N2OS/c1-20-15-9-5-4-8-13(15)18-16(19)14-10-11-6-2-3-7-12(11)17-14/h2-3,6-7,13-15,17H,4-5,8-10H2,1H3,(H,18,19). The maximum absolute atomic E-state index is 12.5. The van der Waals surface area contributed by atoms with E-state index in [9.17, 15) is 4.79 Å². The van der Waals surface area contributed by atoms with E-state index < -0.39 is 0 Å². The fourth-order valence-corrected chi connectivity index (χ4v) is 4.22. The Bertz CT molecular complexity index is 466. The molecule has 3 rings (SSSR count). The minimum Gasteiger partial charge on any atom is -0.373 e. The van der Waals surface area contributed by atoms with Crippen LogP contribution in [0.5, 0.6) is 0 Å². The summed E-state index contributed by atoms with van der Waals surface area (Å²) in [6, 6.07) is 8.44. The summed E-state index contributed by atoms with van der Waals surface area (Å²) < 4.78 is 0. The Balaban J connectivity index is 1.60. The third kappa shape index (κ3) is 2.80. The van der Waals surface area contributed by atoms with Crippen molar-refractivity contribution in [3.63, 3.8) is 0 Å². The molecule has 1 aromatic rings. The predicted molar refractivity (Wildman–Crippen MR) is 85.3 cm³/mol. The van der Waals surface area contributed by atoms with Crippen LogP contribution in [0.4, 0.5) is 5.69 Å². The number of amides is 1. The average Bonchev–Trinajstić information content (AvgIpc) is 2.92. The van der Waals surface area contributed by atoms with Gasteiger partial charge in [0, 0.05) is 23.4 Å². The zero-order valence-corrected chi connectivity index (χ0v) is 12.7. The summed E-state index contributed by atoms with van der Waals surface area (Å²) in [7, 11) is 0. The monoisotopic (exact) mass is 290 g/mol. The molecule has 1 heterocycles. The lowest BCUT2D eigenvalue weighted by Crippen LogP contribution is -2.49. The molecule has 0 bridgehead atoms. The van der Waals surface area contributed by atoms with E-state index in [4.69, 9.17) is 0 Å². The van der Waals surface area contributed by atoms with Crippen LogP contribution in [0.1, 0.15) is 31.2 Å². The second kappa shape index (κ2) is 6.08. The number of benzene rings is 1. The van der Waals surface area contributed by atoms with Crippen LogP contribution >= 0.6 is 11.8 Å². The second-order valence-electron chi connectivity index (χ2n) is 5.73. The molecular formula is C16H22N2OS. The first-order valence-electron chi connectivity index (χ1n) is 7.45. The SMILES string of the molecule is CSC1CCCCC1NC(=O)C1Cc2ccccc2N1. The second-order valence-corrected chi connectivity index (χ2v) is 6.81. The van der Waals surface area contributed by atoms with Crippen LogP contribution in [0, 0.1) is 0 Å². The Morgan fingerprint density at radius 2 is 2.10 bits per heavy atom. The lowest BCUT2D eigenvalue weighted by molar-refractivity contribution is -0.122. The summed E-state index contributed by atoms with van der Waals surface area (Å²) in [4.78, 5) is 12.5. The highest BCUT2D eigenvalue weighted by atomic mass is 32.2. The average molecular weight is 290 g/mol. The number of hydrogen-bond acceptors (Lipinski definition) is 3. The molecule has 1 aliphatic heterocycles. The number of hydrogen-bond donors (Lipinski definition) is 2. The van der Waals surface area contributed by atoms with Gasteiger partial charge in [-0.05, 0) is 30.7 Å². The zero-order valence-electron chi connectivity index (χ0n) is 11.9. The lowest BCUT2D eigenvalue weighted by atomic mass is 9.94. The van der Waals surface area contributed by atoms with Crippen molar-refractivity contribution in [3.8, 4) is 0 Å². The van der Waals surface area contributed by atoms with Crippen molar-refractivity contribution >= 4 is 23.4 Å². The van der Waals surface area contributed by atoms with Crippen LogP contribution in [0.25, 0.3) is 0 Å². The van der Waals surface area contributed by atoms with Crippen molar-refractivity contribution in [1.82, 2.24) is 5.32 Å². The number of rotatable bonds is 3. The molecule has 1 aliphatic carbocycles. The molecule has 4 heteroatoms. The van der Waals surface area contributed by atoms with Gasteiger partial charge in [0.1, 0.15) is 6.04 Å².